The summed E-state index contributed by atoms with van der Waals surface area (Å²) >= 11 is 5.81. The zero-order chi connectivity index (χ0) is 13.9. The fourth-order valence-electron chi connectivity index (χ4n) is 3.18. The van der Waals surface area contributed by atoms with E-state index in [1.165, 1.54) is 4.90 Å². The van der Waals surface area contributed by atoms with Gasteiger partial charge >= 0.3 is 6.09 Å². The van der Waals surface area contributed by atoms with E-state index >= 15 is 0 Å². The zero-order valence-electron chi connectivity index (χ0n) is 10.5. The first-order chi connectivity index (χ1) is 9.63. The van der Waals surface area contributed by atoms with E-state index in [4.69, 9.17) is 11.6 Å². The van der Waals surface area contributed by atoms with Gasteiger partial charge in [-0.3, -0.25) is 0 Å². The van der Waals surface area contributed by atoms with Gasteiger partial charge in [-0.15, -0.1) is 0 Å². The van der Waals surface area contributed by atoms with E-state index in [2.05, 4.69) is 15.1 Å². The molecule has 1 N–H and O–H groups in total. The van der Waals surface area contributed by atoms with Crippen LogP contribution >= 0.6 is 11.6 Å². The van der Waals surface area contributed by atoms with E-state index < -0.39 is 6.09 Å². The number of hydrogen-bond donors (Lipinski definition) is 1. The molecule has 2 aromatic heterocycles. The summed E-state index contributed by atoms with van der Waals surface area (Å²) in [6.45, 7) is 1.16. The van der Waals surface area contributed by atoms with Crippen molar-refractivity contribution in [1.82, 2.24) is 24.6 Å². The highest BCUT2D eigenvalue weighted by Gasteiger charge is 2.54. The van der Waals surface area contributed by atoms with Crippen LogP contribution in [0, 0.1) is 11.8 Å². The van der Waals surface area contributed by atoms with Crippen LogP contribution in [-0.4, -0.2) is 48.4 Å². The van der Waals surface area contributed by atoms with E-state index in [1.54, 1.807) is 17.1 Å². The van der Waals surface area contributed by atoms with Crippen LogP contribution in [0.1, 0.15) is 6.42 Å². The predicted octanol–water partition coefficient (Wildman–Crippen LogP) is 1.48. The molecule has 1 amide bonds. The second-order valence-electron chi connectivity index (χ2n) is 5.41. The molecule has 2 aliphatic rings. The highest BCUT2D eigenvalue weighted by atomic mass is 35.5. The molecule has 0 radical (unpaired) electrons. The van der Waals surface area contributed by atoms with Crippen molar-refractivity contribution in [2.24, 2.45) is 11.8 Å². The van der Waals surface area contributed by atoms with Crippen molar-refractivity contribution in [1.29, 1.82) is 0 Å². The summed E-state index contributed by atoms with van der Waals surface area (Å²) in [5.41, 5.74) is 0.652. The van der Waals surface area contributed by atoms with E-state index in [1.807, 2.05) is 0 Å². The summed E-state index contributed by atoms with van der Waals surface area (Å²) in [7, 11) is 0. The number of likely N-dealkylation sites (tertiary alicyclic amines) is 1. The SMILES string of the molecule is O=C(O)N1C[C@H]2C[C@H]2[C@H]1Cn1ncc2cnc(Cl)nc21. The van der Waals surface area contributed by atoms with Gasteiger partial charge in [-0.1, -0.05) is 0 Å². The Morgan fingerprint density at radius 1 is 1.50 bits per heavy atom. The monoisotopic (exact) mass is 293 g/mol. The quantitative estimate of drug-likeness (QED) is 0.848. The average Bonchev–Trinajstić information content (AvgIpc) is 2.95. The van der Waals surface area contributed by atoms with Crippen molar-refractivity contribution in [3.05, 3.63) is 17.7 Å². The molecule has 3 atom stereocenters. The van der Waals surface area contributed by atoms with Crippen LogP contribution in [0.2, 0.25) is 5.28 Å². The average molecular weight is 294 g/mol. The van der Waals surface area contributed by atoms with Gasteiger partial charge in [0.2, 0.25) is 5.28 Å². The lowest BCUT2D eigenvalue weighted by Gasteiger charge is -2.24. The molecule has 104 valence electrons. The Bertz CT molecular complexity index is 702. The first-order valence-electron chi connectivity index (χ1n) is 6.47. The molecule has 1 aliphatic carbocycles. The molecule has 1 aliphatic heterocycles. The van der Waals surface area contributed by atoms with Crippen LogP contribution in [0.5, 0.6) is 0 Å². The predicted molar refractivity (Wildman–Crippen MR) is 70.4 cm³/mol. The Morgan fingerprint density at radius 2 is 2.35 bits per heavy atom. The third kappa shape index (κ3) is 1.73. The molecule has 8 heteroatoms. The molecule has 20 heavy (non-hydrogen) atoms. The van der Waals surface area contributed by atoms with Crippen LogP contribution in [0.3, 0.4) is 0 Å². The van der Waals surface area contributed by atoms with E-state index in [0.717, 1.165) is 11.8 Å². The summed E-state index contributed by atoms with van der Waals surface area (Å²) in [6, 6.07) is -0.0191. The first-order valence-corrected chi connectivity index (χ1v) is 6.85. The molecule has 1 saturated heterocycles. The van der Waals surface area contributed by atoms with Crippen LogP contribution in [0.25, 0.3) is 11.0 Å². The smallest absolute Gasteiger partial charge is 0.407 e. The van der Waals surface area contributed by atoms with Crippen molar-refractivity contribution < 1.29 is 9.90 Å². The van der Waals surface area contributed by atoms with E-state index in [9.17, 15) is 9.90 Å². The van der Waals surface area contributed by atoms with Crippen LogP contribution < -0.4 is 0 Å². The molecular formula is C12H12ClN5O2. The molecule has 0 unspecified atom stereocenters. The Balaban J connectivity index is 1.67. The van der Waals surface area contributed by atoms with Gasteiger partial charge in [0.25, 0.3) is 0 Å². The van der Waals surface area contributed by atoms with Crippen LogP contribution in [-0.2, 0) is 6.54 Å². The summed E-state index contributed by atoms with van der Waals surface area (Å²) in [5, 5.41) is 14.5. The number of fused-ring (bicyclic) bond motifs is 2. The number of rotatable bonds is 2. The van der Waals surface area contributed by atoms with E-state index in [-0.39, 0.29) is 11.3 Å². The minimum Gasteiger partial charge on any atom is -0.465 e. The van der Waals surface area contributed by atoms with Crippen molar-refractivity contribution in [3.8, 4) is 0 Å². The highest BCUT2D eigenvalue weighted by Crippen LogP contribution is 2.50. The summed E-state index contributed by atoms with van der Waals surface area (Å²) in [5.74, 6) is 0.985. The Morgan fingerprint density at radius 3 is 3.15 bits per heavy atom. The molecule has 0 aromatic carbocycles. The lowest BCUT2D eigenvalue weighted by atomic mass is 10.2. The maximum absolute atomic E-state index is 11.3. The maximum atomic E-state index is 11.3. The minimum atomic E-state index is -0.855. The molecule has 3 heterocycles. The highest BCUT2D eigenvalue weighted by molar-refractivity contribution is 6.28. The van der Waals surface area contributed by atoms with E-state index in [0.29, 0.717) is 30.6 Å². The number of piperidine rings is 1. The molecule has 1 saturated carbocycles. The van der Waals surface area contributed by atoms with Crippen LogP contribution in [0.15, 0.2) is 12.4 Å². The Labute approximate surface area is 119 Å². The van der Waals surface area contributed by atoms with Crippen molar-refractivity contribution in [2.45, 2.75) is 19.0 Å². The number of amides is 1. The number of halogens is 1. The zero-order valence-corrected chi connectivity index (χ0v) is 11.2. The second-order valence-corrected chi connectivity index (χ2v) is 5.74. The molecular weight excluding hydrogens is 282 g/mol. The van der Waals surface area contributed by atoms with Gasteiger partial charge in [0.15, 0.2) is 5.65 Å². The minimum absolute atomic E-state index is 0.0191. The van der Waals surface area contributed by atoms with Gasteiger partial charge in [0.05, 0.1) is 24.2 Å². The van der Waals surface area contributed by atoms with Gasteiger partial charge in [-0.05, 0) is 29.9 Å². The lowest BCUT2D eigenvalue weighted by molar-refractivity contribution is 0.126. The molecule has 0 bridgehead atoms. The molecule has 0 spiro atoms. The maximum Gasteiger partial charge on any atom is 0.407 e. The lowest BCUT2D eigenvalue weighted by Crippen LogP contribution is -2.40. The Hall–Kier alpha value is -1.89. The van der Waals surface area contributed by atoms with Gasteiger partial charge in [-0.2, -0.15) is 10.1 Å². The standard InChI is InChI=1S/C12H12ClN5O2/c13-11-14-2-7-3-15-18(10(7)16-11)5-9-8-1-6(8)4-17(9)12(19)20/h2-3,6,8-9H,1,4-5H2,(H,19,20)/t6-,8-,9-/m1/s1. The number of aromatic nitrogens is 4. The number of carbonyl (C=O) groups is 1. The van der Waals surface area contributed by atoms with Crippen LogP contribution in [0.4, 0.5) is 4.79 Å². The fourth-order valence-corrected chi connectivity index (χ4v) is 3.31. The molecule has 2 aromatic rings. The number of hydrogen-bond acceptors (Lipinski definition) is 4. The molecule has 7 nitrogen and oxygen atoms in total. The topological polar surface area (TPSA) is 84.1 Å². The Kier molecular flexibility index (Phi) is 2.41. The van der Waals surface area contributed by atoms with Crippen molar-refractivity contribution in [3.63, 3.8) is 0 Å². The fraction of sp³-hybridized carbons (Fsp3) is 0.500. The van der Waals surface area contributed by atoms with Gasteiger partial charge in [-0.25, -0.2) is 14.5 Å². The van der Waals surface area contributed by atoms with Gasteiger partial charge in [0, 0.05) is 12.7 Å². The summed E-state index contributed by atoms with van der Waals surface area (Å²) in [4.78, 5) is 20.9. The van der Waals surface area contributed by atoms with Crippen molar-refractivity contribution >= 4 is 28.7 Å². The molecule has 2 fully saturated rings. The third-order valence-corrected chi connectivity index (χ3v) is 4.44. The van der Waals surface area contributed by atoms with Gasteiger partial charge in [0.1, 0.15) is 0 Å². The van der Waals surface area contributed by atoms with Crippen molar-refractivity contribution in [2.75, 3.05) is 6.54 Å². The molecule has 4 rings (SSSR count). The number of carboxylic acid groups (broad SMARTS) is 1. The summed E-state index contributed by atoms with van der Waals surface area (Å²) in [6.07, 6.45) is 3.56. The third-order valence-electron chi connectivity index (χ3n) is 4.26. The first kappa shape index (κ1) is 11.9. The normalized spacial score (nSPS) is 27.9. The summed E-state index contributed by atoms with van der Waals surface area (Å²) < 4.78 is 1.73. The van der Waals surface area contributed by atoms with Gasteiger partial charge < -0.3 is 10.0 Å². The second kappa shape index (κ2) is 4.05. The largest absolute Gasteiger partial charge is 0.465 e. The number of nitrogens with zero attached hydrogens (tertiary/aromatic N) is 5.